The number of para-hydroxylation sites is 1. The SMILES string of the molecule is Nc1cc(S(N)(=O)=O)ccc1Oc1ccccc1. The standard InChI is InChI=1S/C12H12N2O3S/c13-11-8-10(18(14,15)16)6-7-12(11)17-9-4-2-1-3-5-9/h1-8H,13H2,(H2,14,15,16). The van der Waals surface area contributed by atoms with Gasteiger partial charge in [-0.25, -0.2) is 13.6 Å². The van der Waals surface area contributed by atoms with Gasteiger partial charge in [-0.05, 0) is 30.3 Å². The first-order valence-electron chi connectivity index (χ1n) is 5.12. The van der Waals surface area contributed by atoms with Crippen molar-refractivity contribution in [2.45, 2.75) is 4.90 Å². The molecule has 2 rings (SSSR count). The Morgan fingerprint density at radius 1 is 1.00 bits per heavy atom. The van der Waals surface area contributed by atoms with Gasteiger partial charge in [0.2, 0.25) is 10.0 Å². The summed E-state index contributed by atoms with van der Waals surface area (Å²) in [7, 11) is -3.75. The molecule has 0 amide bonds. The van der Waals surface area contributed by atoms with Crippen LogP contribution in [0, 0.1) is 0 Å². The molecule has 0 unspecified atom stereocenters. The summed E-state index contributed by atoms with van der Waals surface area (Å²) in [5, 5.41) is 5.00. The van der Waals surface area contributed by atoms with E-state index in [2.05, 4.69) is 0 Å². The van der Waals surface area contributed by atoms with Crippen molar-refractivity contribution in [3.63, 3.8) is 0 Å². The van der Waals surface area contributed by atoms with Gasteiger partial charge in [0.25, 0.3) is 0 Å². The Hall–Kier alpha value is -2.05. The van der Waals surface area contributed by atoms with Crippen LogP contribution in [0.5, 0.6) is 11.5 Å². The van der Waals surface area contributed by atoms with E-state index in [-0.39, 0.29) is 10.6 Å². The Balaban J connectivity index is 2.32. The van der Waals surface area contributed by atoms with Gasteiger partial charge in [-0.15, -0.1) is 0 Å². The van der Waals surface area contributed by atoms with Crippen molar-refractivity contribution >= 4 is 15.7 Å². The van der Waals surface area contributed by atoms with E-state index in [1.807, 2.05) is 18.2 Å². The van der Waals surface area contributed by atoms with E-state index in [0.29, 0.717) is 11.5 Å². The monoisotopic (exact) mass is 264 g/mol. The topological polar surface area (TPSA) is 95.4 Å². The van der Waals surface area contributed by atoms with Crippen molar-refractivity contribution in [1.82, 2.24) is 0 Å². The summed E-state index contributed by atoms with van der Waals surface area (Å²) < 4.78 is 27.8. The fourth-order valence-corrected chi connectivity index (χ4v) is 1.96. The number of rotatable bonds is 3. The summed E-state index contributed by atoms with van der Waals surface area (Å²) in [4.78, 5) is -0.0413. The van der Waals surface area contributed by atoms with Crippen LogP contribution in [0.1, 0.15) is 0 Å². The number of nitrogens with two attached hydrogens (primary N) is 2. The van der Waals surface area contributed by atoms with E-state index < -0.39 is 10.0 Å². The van der Waals surface area contributed by atoms with Gasteiger partial charge in [0, 0.05) is 0 Å². The molecule has 0 spiro atoms. The number of benzene rings is 2. The van der Waals surface area contributed by atoms with Gasteiger partial charge in [0.1, 0.15) is 11.5 Å². The van der Waals surface area contributed by atoms with Crippen LogP contribution in [0.3, 0.4) is 0 Å². The molecule has 0 atom stereocenters. The first-order valence-corrected chi connectivity index (χ1v) is 6.67. The van der Waals surface area contributed by atoms with Gasteiger partial charge in [-0.1, -0.05) is 18.2 Å². The third kappa shape index (κ3) is 2.79. The number of sulfonamides is 1. The first kappa shape index (κ1) is 12.4. The van der Waals surface area contributed by atoms with Gasteiger partial charge in [0.15, 0.2) is 0 Å². The van der Waals surface area contributed by atoms with Crippen LogP contribution in [-0.2, 0) is 10.0 Å². The van der Waals surface area contributed by atoms with E-state index in [4.69, 9.17) is 15.6 Å². The first-order chi connectivity index (χ1) is 8.47. The maximum absolute atomic E-state index is 11.1. The lowest BCUT2D eigenvalue weighted by Gasteiger charge is -2.09. The van der Waals surface area contributed by atoms with Crippen molar-refractivity contribution in [3.8, 4) is 11.5 Å². The summed E-state index contributed by atoms with van der Waals surface area (Å²) in [5.41, 5.74) is 5.93. The van der Waals surface area contributed by atoms with Gasteiger partial charge in [0.05, 0.1) is 10.6 Å². The summed E-state index contributed by atoms with van der Waals surface area (Å²) in [6, 6.07) is 13.1. The summed E-state index contributed by atoms with van der Waals surface area (Å²) in [6.07, 6.45) is 0. The number of primary sulfonamides is 1. The molecule has 18 heavy (non-hydrogen) atoms. The van der Waals surface area contributed by atoms with E-state index in [1.54, 1.807) is 12.1 Å². The second kappa shape index (κ2) is 4.67. The van der Waals surface area contributed by atoms with Crippen LogP contribution < -0.4 is 15.6 Å². The van der Waals surface area contributed by atoms with Crippen LogP contribution in [0.25, 0.3) is 0 Å². The number of nitrogen functional groups attached to an aromatic ring is 1. The summed E-state index contributed by atoms with van der Waals surface area (Å²) >= 11 is 0. The predicted molar refractivity (Wildman–Crippen MR) is 68.7 cm³/mol. The third-order valence-electron chi connectivity index (χ3n) is 2.28. The van der Waals surface area contributed by atoms with E-state index in [9.17, 15) is 8.42 Å². The number of hydrogen-bond acceptors (Lipinski definition) is 4. The molecule has 0 heterocycles. The zero-order valence-electron chi connectivity index (χ0n) is 9.41. The Morgan fingerprint density at radius 2 is 1.67 bits per heavy atom. The number of hydrogen-bond donors (Lipinski definition) is 2. The minimum Gasteiger partial charge on any atom is -0.455 e. The quantitative estimate of drug-likeness (QED) is 0.825. The van der Waals surface area contributed by atoms with Crippen molar-refractivity contribution in [2.75, 3.05) is 5.73 Å². The molecular formula is C12H12N2O3S. The average Bonchev–Trinajstić information content (AvgIpc) is 2.32. The van der Waals surface area contributed by atoms with E-state index in [1.165, 1.54) is 18.2 Å². The zero-order valence-corrected chi connectivity index (χ0v) is 10.2. The third-order valence-corrected chi connectivity index (χ3v) is 3.19. The molecule has 0 saturated heterocycles. The maximum atomic E-state index is 11.1. The molecule has 94 valence electrons. The molecular weight excluding hydrogens is 252 g/mol. The van der Waals surface area contributed by atoms with Gasteiger partial charge in [-0.2, -0.15) is 0 Å². The minimum absolute atomic E-state index is 0.0413. The second-order valence-electron chi connectivity index (χ2n) is 3.66. The van der Waals surface area contributed by atoms with Crippen LogP contribution in [0.4, 0.5) is 5.69 Å². The van der Waals surface area contributed by atoms with Gasteiger partial charge in [-0.3, -0.25) is 0 Å². The highest BCUT2D eigenvalue weighted by atomic mass is 32.2. The molecule has 2 aromatic carbocycles. The largest absolute Gasteiger partial charge is 0.455 e. The molecule has 2 aromatic rings. The average molecular weight is 264 g/mol. The zero-order chi connectivity index (χ0) is 13.2. The predicted octanol–water partition coefficient (Wildman–Crippen LogP) is 1.71. The highest BCUT2D eigenvalue weighted by Crippen LogP contribution is 2.28. The second-order valence-corrected chi connectivity index (χ2v) is 5.22. The van der Waals surface area contributed by atoms with E-state index >= 15 is 0 Å². The van der Waals surface area contributed by atoms with Gasteiger partial charge < -0.3 is 10.5 Å². The highest BCUT2D eigenvalue weighted by molar-refractivity contribution is 7.89. The molecule has 0 fully saturated rings. The molecule has 5 nitrogen and oxygen atoms in total. The molecule has 6 heteroatoms. The Morgan fingerprint density at radius 3 is 2.22 bits per heavy atom. The lowest BCUT2D eigenvalue weighted by molar-refractivity contribution is 0.484. The van der Waals surface area contributed by atoms with Crippen LogP contribution >= 0.6 is 0 Å². The molecule has 0 bridgehead atoms. The van der Waals surface area contributed by atoms with Crippen LogP contribution in [0.15, 0.2) is 53.4 Å². The Bertz CT molecular complexity index is 654. The van der Waals surface area contributed by atoms with Crippen molar-refractivity contribution in [3.05, 3.63) is 48.5 Å². The van der Waals surface area contributed by atoms with Crippen LogP contribution in [0.2, 0.25) is 0 Å². The molecule has 0 aliphatic carbocycles. The molecule has 4 N–H and O–H groups in total. The maximum Gasteiger partial charge on any atom is 0.238 e. The highest BCUT2D eigenvalue weighted by Gasteiger charge is 2.10. The lowest BCUT2D eigenvalue weighted by Crippen LogP contribution is -2.12. The molecule has 0 aliphatic heterocycles. The minimum atomic E-state index is -3.75. The molecule has 0 aromatic heterocycles. The van der Waals surface area contributed by atoms with Crippen molar-refractivity contribution < 1.29 is 13.2 Å². The fraction of sp³-hybridized carbons (Fsp3) is 0. The molecule has 0 radical (unpaired) electrons. The fourth-order valence-electron chi connectivity index (χ4n) is 1.41. The Labute approximate surface area is 105 Å². The van der Waals surface area contributed by atoms with Crippen molar-refractivity contribution in [2.24, 2.45) is 5.14 Å². The summed E-state index contributed by atoms with van der Waals surface area (Å²) in [5.74, 6) is 1.00. The van der Waals surface area contributed by atoms with Crippen LogP contribution in [-0.4, -0.2) is 8.42 Å². The molecule has 0 saturated carbocycles. The number of anilines is 1. The Kier molecular flexibility index (Phi) is 3.22. The van der Waals surface area contributed by atoms with E-state index in [0.717, 1.165) is 0 Å². The number of ether oxygens (including phenoxy) is 1. The normalized spacial score (nSPS) is 11.2. The van der Waals surface area contributed by atoms with Gasteiger partial charge >= 0.3 is 0 Å². The smallest absolute Gasteiger partial charge is 0.238 e. The molecule has 0 aliphatic rings. The lowest BCUT2D eigenvalue weighted by atomic mass is 10.3. The summed E-state index contributed by atoms with van der Waals surface area (Å²) in [6.45, 7) is 0. The van der Waals surface area contributed by atoms with Crippen molar-refractivity contribution in [1.29, 1.82) is 0 Å².